The number of Topliss-reactive ketones (excluding diaryl/α,β-unsaturated/α-hetero) is 1. The van der Waals surface area contributed by atoms with E-state index in [1.165, 1.54) is 11.3 Å². The average molecular weight is 239 g/mol. The van der Waals surface area contributed by atoms with Crippen molar-refractivity contribution in [1.82, 2.24) is 5.32 Å². The zero-order valence-electron chi connectivity index (χ0n) is 9.87. The lowest BCUT2D eigenvalue weighted by Crippen LogP contribution is -2.30. The Morgan fingerprint density at radius 2 is 2.00 bits per heavy atom. The van der Waals surface area contributed by atoms with E-state index >= 15 is 0 Å². The van der Waals surface area contributed by atoms with Gasteiger partial charge in [0, 0.05) is 23.8 Å². The van der Waals surface area contributed by atoms with Gasteiger partial charge in [-0.1, -0.05) is 0 Å². The van der Waals surface area contributed by atoms with Gasteiger partial charge in [0.05, 0.1) is 4.88 Å². The number of hydrogen-bond donors (Lipinski definition) is 1. The summed E-state index contributed by atoms with van der Waals surface area (Å²) in [5.74, 6) is -0.00589. The molecule has 0 radical (unpaired) electrons. The van der Waals surface area contributed by atoms with Crippen LogP contribution in [-0.2, 0) is 4.79 Å². The predicted molar refractivity (Wildman–Crippen MR) is 65.9 cm³/mol. The van der Waals surface area contributed by atoms with Gasteiger partial charge < -0.3 is 5.32 Å². The highest BCUT2D eigenvalue weighted by Gasteiger charge is 2.11. The number of amides is 1. The van der Waals surface area contributed by atoms with Crippen LogP contribution >= 0.6 is 11.3 Å². The third kappa shape index (κ3) is 4.14. The average Bonchev–Trinajstić information content (AvgIpc) is 2.60. The van der Waals surface area contributed by atoms with Crippen LogP contribution < -0.4 is 5.32 Å². The molecule has 0 fully saturated rings. The Balaban J connectivity index is 2.38. The summed E-state index contributed by atoms with van der Waals surface area (Å²) in [6.45, 7) is 5.78. The van der Waals surface area contributed by atoms with Crippen LogP contribution in [0.2, 0.25) is 0 Å². The summed E-state index contributed by atoms with van der Waals surface area (Å²) in [7, 11) is 0. The van der Waals surface area contributed by atoms with Gasteiger partial charge in [-0.05, 0) is 32.9 Å². The molecular formula is C12H17NO2S. The SMILES string of the molecule is Cc1ccc(C(=O)CCC(=O)NC(C)C)s1. The molecule has 1 rings (SSSR count). The molecule has 0 saturated carbocycles. The van der Waals surface area contributed by atoms with Crippen LogP contribution in [0.3, 0.4) is 0 Å². The number of rotatable bonds is 5. The van der Waals surface area contributed by atoms with Crippen molar-refractivity contribution in [3.05, 3.63) is 21.9 Å². The Labute approximate surface area is 99.9 Å². The lowest BCUT2D eigenvalue weighted by atomic mass is 10.2. The normalized spacial score (nSPS) is 10.5. The van der Waals surface area contributed by atoms with E-state index < -0.39 is 0 Å². The smallest absolute Gasteiger partial charge is 0.220 e. The molecular weight excluding hydrogens is 222 g/mol. The van der Waals surface area contributed by atoms with E-state index in [1.807, 2.05) is 32.9 Å². The van der Waals surface area contributed by atoms with Crippen molar-refractivity contribution in [1.29, 1.82) is 0 Å². The van der Waals surface area contributed by atoms with Gasteiger partial charge in [0.2, 0.25) is 5.91 Å². The van der Waals surface area contributed by atoms with E-state index in [1.54, 1.807) is 0 Å². The highest BCUT2D eigenvalue weighted by Crippen LogP contribution is 2.17. The summed E-state index contributed by atoms with van der Waals surface area (Å²) in [5.41, 5.74) is 0. The van der Waals surface area contributed by atoms with E-state index in [0.717, 1.165) is 9.75 Å². The van der Waals surface area contributed by atoms with Gasteiger partial charge in [-0.15, -0.1) is 11.3 Å². The number of thiophene rings is 1. The molecule has 0 aliphatic heterocycles. The van der Waals surface area contributed by atoms with Gasteiger partial charge in [-0.25, -0.2) is 0 Å². The van der Waals surface area contributed by atoms with Gasteiger partial charge in [0.25, 0.3) is 0 Å². The van der Waals surface area contributed by atoms with E-state index in [-0.39, 0.29) is 24.2 Å². The predicted octanol–water partition coefficient (Wildman–Crippen LogP) is 2.54. The molecule has 1 N–H and O–H groups in total. The van der Waals surface area contributed by atoms with Crippen LogP contribution in [0.5, 0.6) is 0 Å². The molecule has 1 heterocycles. The van der Waals surface area contributed by atoms with Gasteiger partial charge in [-0.3, -0.25) is 9.59 Å². The first-order valence-corrected chi connectivity index (χ1v) is 6.19. The Bertz CT molecular complexity index is 382. The van der Waals surface area contributed by atoms with Crippen molar-refractivity contribution in [2.75, 3.05) is 0 Å². The Hall–Kier alpha value is -1.16. The molecule has 0 saturated heterocycles. The Morgan fingerprint density at radius 3 is 2.50 bits per heavy atom. The van der Waals surface area contributed by atoms with Crippen molar-refractivity contribution in [3.8, 4) is 0 Å². The number of hydrogen-bond acceptors (Lipinski definition) is 3. The molecule has 0 aromatic carbocycles. The zero-order chi connectivity index (χ0) is 12.1. The third-order valence-electron chi connectivity index (χ3n) is 2.04. The summed E-state index contributed by atoms with van der Waals surface area (Å²) in [4.78, 5) is 24.9. The standard InChI is InChI=1S/C12H17NO2S/c1-8(2)13-12(15)7-5-10(14)11-6-4-9(3)16-11/h4,6,8H,5,7H2,1-3H3,(H,13,15). The zero-order valence-corrected chi connectivity index (χ0v) is 10.7. The lowest BCUT2D eigenvalue weighted by molar-refractivity contribution is -0.121. The van der Waals surface area contributed by atoms with Gasteiger partial charge >= 0.3 is 0 Å². The largest absolute Gasteiger partial charge is 0.354 e. The number of carbonyl (C=O) groups is 2. The van der Waals surface area contributed by atoms with Crippen LogP contribution in [-0.4, -0.2) is 17.7 Å². The van der Waals surface area contributed by atoms with Gasteiger partial charge in [0.1, 0.15) is 0 Å². The van der Waals surface area contributed by atoms with E-state index in [4.69, 9.17) is 0 Å². The molecule has 0 unspecified atom stereocenters. The summed E-state index contributed by atoms with van der Waals surface area (Å²) in [6, 6.07) is 3.88. The fourth-order valence-electron chi connectivity index (χ4n) is 1.33. The maximum atomic E-state index is 11.7. The summed E-state index contributed by atoms with van der Waals surface area (Å²) < 4.78 is 0. The monoisotopic (exact) mass is 239 g/mol. The second kappa shape index (κ2) is 5.80. The fourth-order valence-corrected chi connectivity index (χ4v) is 2.16. The first-order chi connectivity index (χ1) is 7.49. The van der Waals surface area contributed by atoms with Crippen molar-refractivity contribution in [3.63, 3.8) is 0 Å². The number of aryl methyl sites for hydroxylation is 1. The minimum absolute atomic E-state index is 0.0528. The van der Waals surface area contributed by atoms with Crippen molar-refractivity contribution >= 4 is 23.0 Å². The molecule has 4 heteroatoms. The number of carbonyl (C=O) groups excluding carboxylic acids is 2. The summed E-state index contributed by atoms with van der Waals surface area (Å²) in [5, 5.41) is 2.77. The van der Waals surface area contributed by atoms with Gasteiger partial charge in [-0.2, -0.15) is 0 Å². The quantitative estimate of drug-likeness (QED) is 0.803. The molecule has 0 aliphatic carbocycles. The van der Waals surface area contributed by atoms with Gasteiger partial charge in [0.15, 0.2) is 5.78 Å². The first kappa shape index (κ1) is 12.9. The molecule has 1 aromatic heterocycles. The molecule has 0 bridgehead atoms. The molecule has 0 spiro atoms. The Kier molecular flexibility index (Phi) is 4.68. The van der Waals surface area contributed by atoms with Crippen LogP contribution in [0.1, 0.15) is 41.2 Å². The maximum absolute atomic E-state index is 11.7. The molecule has 1 amide bonds. The van der Waals surface area contributed by atoms with Crippen LogP contribution in [0.4, 0.5) is 0 Å². The number of nitrogens with one attached hydrogen (secondary N) is 1. The molecule has 1 aromatic rings. The summed E-state index contributed by atoms with van der Waals surface area (Å²) in [6.07, 6.45) is 0.562. The highest BCUT2D eigenvalue weighted by molar-refractivity contribution is 7.14. The molecule has 0 atom stereocenters. The van der Waals surface area contributed by atoms with E-state index in [2.05, 4.69) is 5.32 Å². The van der Waals surface area contributed by atoms with E-state index in [0.29, 0.717) is 6.42 Å². The van der Waals surface area contributed by atoms with Crippen molar-refractivity contribution in [2.24, 2.45) is 0 Å². The lowest BCUT2D eigenvalue weighted by Gasteiger charge is -2.07. The fraction of sp³-hybridized carbons (Fsp3) is 0.500. The van der Waals surface area contributed by atoms with Crippen molar-refractivity contribution in [2.45, 2.75) is 39.7 Å². The summed E-state index contributed by atoms with van der Waals surface area (Å²) >= 11 is 1.48. The molecule has 0 aliphatic rings. The van der Waals surface area contributed by atoms with Crippen molar-refractivity contribution < 1.29 is 9.59 Å². The van der Waals surface area contributed by atoms with Crippen LogP contribution in [0.15, 0.2) is 12.1 Å². The topological polar surface area (TPSA) is 46.2 Å². The second-order valence-corrected chi connectivity index (χ2v) is 5.34. The third-order valence-corrected chi connectivity index (χ3v) is 3.09. The van der Waals surface area contributed by atoms with Crippen LogP contribution in [0, 0.1) is 6.92 Å². The van der Waals surface area contributed by atoms with Crippen LogP contribution in [0.25, 0.3) is 0 Å². The molecule has 3 nitrogen and oxygen atoms in total. The van der Waals surface area contributed by atoms with E-state index in [9.17, 15) is 9.59 Å². The Morgan fingerprint density at radius 1 is 1.31 bits per heavy atom. The minimum atomic E-state index is -0.0587. The minimum Gasteiger partial charge on any atom is -0.354 e. The molecule has 88 valence electrons. The molecule has 16 heavy (non-hydrogen) atoms. The maximum Gasteiger partial charge on any atom is 0.220 e. The first-order valence-electron chi connectivity index (χ1n) is 5.38. The second-order valence-electron chi connectivity index (χ2n) is 4.06. The number of ketones is 1. The highest BCUT2D eigenvalue weighted by atomic mass is 32.1.